The smallest absolute Gasteiger partial charge is 0.100 e. The lowest BCUT2D eigenvalue weighted by Gasteiger charge is -2.30. The van der Waals surface area contributed by atoms with Crippen molar-refractivity contribution in [3.63, 3.8) is 0 Å². The first-order valence-electron chi connectivity index (χ1n) is 6.84. The van der Waals surface area contributed by atoms with Gasteiger partial charge in [0.15, 0.2) is 0 Å². The van der Waals surface area contributed by atoms with Crippen molar-refractivity contribution >= 4 is 0 Å². The van der Waals surface area contributed by atoms with E-state index in [1.807, 2.05) is 13.8 Å². The Hall–Kier alpha value is -0.200. The second-order valence-electron chi connectivity index (χ2n) is 6.33. The molecule has 2 unspecified atom stereocenters. The van der Waals surface area contributed by atoms with E-state index in [0.29, 0.717) is 19.8 Å². The molecule has 0 aliphatic rings. The van der Waals surface area contributed by atoms with Crippen LogP contribution < -0.4 is 0 Å². The van der Waals surface area contributed by atoms with E-state index in [0.717, 1.165) is 6.42 Å². The Kier molecular flexibility index (Phi) is 8.78. The SMILES string of the molecule is CCC(C)(COCC(O)CO)COCC(C)(C)CO. The van der Waals surface area contributed by atoms with Crippen LogP contribution in [-0.2, 0) is 9.47 Å². The van der Waals surface area contributed by atoms with Gasteiger partial charge in [0.1, 0.15) is 6.10 Å². The molecule has 0 bridgehead atoms. The molecular weight excluding hydrogens is 248 g/mol. The molecule has 0 aromatic heterocycles. The second-order valence-corrected chi connectivity index (χ2v) is 6.33. The zero-order valence-corrected chi connectivity index (χ0v) is 12.7. The molecule has 0 heterocycles. The summed E-state index contributed by atoms with van der Waals surface area (Å²) < 4.78 is 11.1. The topological polar surface area (TPSA) is 79.2 Å². The molecular formula is C14H30O5. The van der Waals surface area contributed by atoms with Gasteiger partial charge in [0, 0.05) is 10.8 Å². The molecule has 0 aromatic rings. The summed E-state index contributed by atoms with van der Waals surface area (Å²) in [7, 11) is 0. The molecule has 0 rings (SSSR count). The van der Waals surface area contributed by atoms with E-state index < -0.39 is 6.10 Å². The number of hydrogen-bond donors (Lipinski definition) is 3. The zero-order chi connectivity index (χ0) is 14.9. The Labute approximate surface area is 116 Å². The summed E-state index contributed by atoms with van der Waals surface area (Å²) in [5.74, 6) is 0. The summed E-state index contributed by atoms with van der Waals surface area (Å²) in [5.41, 5.74) is -0.358. The second kappa shape index (κ2) is 8.87. The van der Waals surface area contributed by atoms with E-state index in [1.165, 1.54) is 0 Å². The highest BCUT2D eigenvalue weighted by molar-refractivity contribution is 4.73. The molecule has 2 atom stereocenters. The minimum atomic E-state index is -0.824. The summed E-state index contributed by atoms with van der Waals surface area (Å²) in [6.07, 6.45) is 0.0669. The molecule has 3 N–H and O–H groups in total. The van der Waals surface area contributed by atoms with Crippen molar-refractivity contribution in [2.45, 2.75) is 40.2 Å². The lowest BCUT2D eigenvalue weighted by atomic mass is 9.89. The van der Waals surface area contributed by atoms with Gasteiger partial charge >= 0.3 is 0 Å². The van der Waals surface area contributed by atoms with E-state index >= 15 is 0 Å². The highest BCUT2D eigenvalue weighted by Crippen LogP contribution is 2.24. The molecule has 19 heavy (non-hydrogen) atoms. The molecule has 0 radical (unpaired) electrons. The van der Waals surface area contributed by atoms with Crippen molar-refractivity contribution in [2.75, 3.05) is 39.6 Å². The zero-order valence-electron chi connectivity index (χ0n) is 12.7. The maximum atomic E-state index is 9.21. The van der Waals surface area contributed by atoms with Gasteiger partial charge in [0.2, 0.25) is 0 Å². The van der Waals surface area contributed by atoms with E-state index in [4.69, 9.17) is 19.7 Å². The quantitative estimate of drug-likeness (QED) is 0.521. The van der Waals surface area contributed by atoms with Gasteiger partial charge in [0.05, 0.1) is 39.6 Å². The first-order valence-corrected chi connectivity index (χ1v) is 6.84. The molecule has 0 saturated carbocycles. The van der Waals surface area contributed by atoms with Crippen LogP contribution in [0, 0.1) is 10.8 Å². The predicted molar refractivity (Wildman–Crippen MR) is 74.0 cm³/mol. The predicted octanol–water partition coefficient (Wildman–Crippen LogP) is 0.808. The minimum Gasteiger partial charge on any atom is -0.396 e. The van der Waals surface area contributed by atoms with Crippen molar-refractivity contribution in [2.24, 2.45) is 10.8 Å². The van der Waals surface area contributed by atoms with E-state index in [1.54, 1.807) is 0 Å². The van der Waals surface area contributed by atoms with Crippen LogP contribution in [0.3, 0.4) is 0 Å². The number of rotatable bonds is 11. The summed E-state index contributed by atoms with van der Waals surface area (Å²) in [4.78, 5) is 0. The average Bonchev–Trinajstić information content (AvgIpc) is 2.38. The molecule has 0 aromatic carbocycles. The third kappa shape index (κ3) is 8.55. The van der Waals surface area contributed by atoms with Gasteiger partial charge in [-0.15, -0.1) is 0 Å². The van der Waals surface area contributed by atoms with E-state index in [9.17, 15) is 5.11 Å². The Bertz CT molecular complexity index is 232. The lowest BCUT2D eigenvalue weighted by Crippen LogP contribution is -2.33. The van der Waals surface area contributed by atoms with Crippen LogP contribution in [-0.4, -0.2) is 61.1 Å². The van der Waals surface area contributed by atoms with Gasteiger partial charge in [-0.25, -0.2) is 0 Å². The molecule has 0 fully saturated rings. The van der Waals surface area contributed by atoms with Gasteiger partial charge in [-0.3, -0.25) is 0 Å². The van der Waals surface area contributed by atoms with Gasteiger partial charge in [-0.05, 0) is 6.42 Å². The molecule has 116 valence electrons. The number of ether oxygens (including phenoxy) is 2. The largest absolute Gasteiger partial charge is 0.396 e. The fraction of sp³-hybridized carbons (Fsp3) is 1.00. The van der Waals surface area contributed by atoms with Gasteiger partial charge in [0.25, 0.3) is 0 Å². The molecule has 0 aliphatic heterocycles. The van der Waals surface area contributed by atoms with Gasteiger partial charge in [-0.2, -0.15) is 0 Å². The van der Waals surface area contributed by atoms with Crippen molar-refractivity contribution in [1.29, 1.82) is 0 Å². The molecule has 0 saturated heterocycles. The van der Waals surface area contributed by atoms with Crippen molar-refractivity contribution in [1.82, 2.24) is 0 Å². The molecule has 5 nitrogen and oxygen atoms in total. The molecule has 0 amide bonds. The Balaban J connectivity index is 4.01. The highest BCUT2D eigenvalue weighted by Gasteiger charge is 2.25. The van der Waals surface area contributed by atoms with Crippen LogP contribution in [0.1, 0.15) is 34.1 Å². The Morgan fingerprint density at radius 1 is 1.00 bits per heavy atom. The number of aliphatic hydroxyl groups excluding tert-OH is 3. The van der Waals surface area contributed by atoms with Crippen LogP contribution in [0.15, 0.2) is 0 Å². The van der Waals surface area contributed by atoms with Crippen LogP contribution in [0.5, 0.6) is 0 Å². The van der Waals surface area contributed by atoms with Crippen molar-refractivity contribution < 1.29 is 24.8 Å². The summed E-state index contributed by atoms with van der Waals surface area (Å²) in [6, 6.07) is 0. The summed E-state index contributed by atoms with van der Waals surface area (Å²) in [5, 5.41) is 27.1. The summed E-state index contributed by atoms with van der Waals surface area (Å²) in [6.45, 7) is 9.47. The van der Waals surface area contributed by atoms with Crippen LogP contribution in [0.4, 0.5) is 0 Å². The Morgan fingerprint density at radius 3 is 2.05 bits per heavy atom. The highest BCUT2D eigenvalue weighted by atomic mass is 16.5. The van der Waals surface area contributed by atoms with Crippen LogP contribution in [0.25, 0.3) is 0 Å². The normalized spacial score (nSPS) is 17.2. The molecule has 5 heteroatoms. The standard InChI is InChI=1S/C14H30O5/c1-5-14(4,10-18-7-12(17)6-15)11-19-9-13(2,3)8-16/h12,15-17H,5-11H2,1-4H3. The fourth-order valence-corrected chi connectivity index (χ4v) is 1.36. The van der Waals surface area contributed by atoms with E-state index in [-0.39, 0.29) is 30.7 Å². The van der Waals surface area contributed by atoms with Gasteiger partial charge in [-0.1, -0.05) is 27.7 Å². The molecule has 0 spiro atoms. The Morgan fingerprint density at radius 2 is 1.58 bits per heavy atom. The third-order valence-corrected chi connectivity index (χ3v) is 3.20. The van der Waals surface area contributed by atoms with Gasteiger partial charge < -0.3 is 24.8 Å². The summed E-state index contributed by atoms with van der Waals surface area (Å²) >= 11 is 0. The maximum Gasteiger partial charge on any atom is 0.100 e. The van der Waals surface area contributed by atoms with Crippen LogP contribution >= 0.6 is 0 Å². The number of aliphatic hydroxyl groups is 3. The monoisotopic (exact) mass is 278 g/mol. The van der Waals surface area contributed by atoms with E-state index in [2.05, 4.69) is 13.8 Å². The lowest BCUT2D eigenvalue weighted by molar-refractivity contribution is -0.0626. The van der Waals surface area contributed by atoms with Crippen molar-refractivity contribution in [3.8, 4) is 0 Å². The fourth-order valence-electron chi connectivity index (χ4n) is 1.36. The first-order chi connectivity index (χ1) is 8.78. The molecule has 0 aliphatic carbocycles. The number of hydrogen-bond acceptors (Lipinski definition) is 5. The average molecular weight is 278 g/mol. The van der Waals surface area contributed by atoms with Crippen molar-refractivity contribution in [3.05, 3.63) is 0 Å². The van der Waals surface area contributed by atoms with Crippen LogP contribution in [0.2, 0.25) is 0 Å². The first kappa shape index (κ1) is 18.8. The minimum absolute atomic E-state index is 0.0923. The maximum absolute atomic E-state index is 9.21. The third-order valence-electron chi connectivity index (χ3n) is 3.20.